The van der Waals surface area contributed by atoms with Crippen molar-refractivity contribution in [2.45, 2.75) is 37.0 Å². The number of nitrogens with zero attached hydrogens (tertiary/aromatic N) is 1. The molecule has 2 rings (SSSR count). The number of hydrogen-bond donors (Lipinski definition) is 1. The van der Waals surface area contributed by atoms with Crippen LogP contribution in [0.4, 0.5) is 0 Å². The first-order valence-corrected chi connectivity index (χ1v) is 5.18. The van der Waals surface area contributed by atoms with Crippen LogP contribution in [0.15, 0.2) is 0 Å². The highest BCUT2D eigenvalue weighted by Gasteiger charge is 2.67. The van der Waals surface area contributed by atoms with Crippen LogP contribution in [-0.2, 0) is 14.2 Å². The van der Waals surface area contributed by atoms with Gasteiger partial charge in [0, 0.05) is 14.2 Å². The summed E-state index contributed by atoms with van der Waals surface area (Å²) in [5, 5.41) is 10.1. The Morgan fingerprint density at radius 3 is 2.67 bits per heavy atom. The van der Waals surface area contributed by atoms with E-state index in [0.717, 1.165) is 0 Å². The van der Waals surface area contributed by atoms with Crippen LogP contribution < -0.4 is 0 Å². The number of fused-ring (bicyclic) bond motifs is 2. The Morgan fingerprint density at radius 1 is 1.47 bits per heavy atom. The predicted molar refractivity (Wildman–Crippen MR) is 53.5 cm³/mol. The molecule has 0 aromatic heterocycles. The first-order chi connectivity index (χ1) is 7.08. The van der Waals surface area contributed by atoms with Crippen LogP contribution in [0, 0.1) is 0 Å². The lowest BCUT2D eigenvalue weighted by Crippen LogP contribution is -2.55. The average molecular weight is 217 g/mol. The summed E-state index contributed by atoms with van der Waals surface area (Å²) >= 11 is 0. The Balaban J connectivity index is 2.32. The average Bonchev–Trinajstić information content (AvgIpc) is 2.58. The third-order valence-corrected chi connectivity index (χ3v) is 3.60. The Kier molecular flexibility index (Phi) is 2.77. The number of morpholine rings is 1. The number of rotatable bonds is 3. The van der Waals surface area contributed by atoms with Crippen molar-refractivity contribution in [2.24, 2.45) is 0 Å². The lowest BCUT2D eigenvalue weighted by Gasteiger charge is -2.38. The van der Waals surface area contributed by atoms with Crippen molar-refractivity contribution in [1.82, 2.24) is 4.90 Å². The van der Waals surface area contributed by atoms with E-state index >= 15 is 0 Å². The second kappa shape index (κ2) is 3.68. The molecule has 0 amide bonds. The van der Waals surface area contributed by atoms with Crippen LogP contribution in [0.3, 0.4) is 0 Å². The number of hydrogen-bond acceptors (Lipinski definition) is 5. The van der Waals surface area contributed by atoms with Crippen LogP contribution >= 0.6 is 0 Å². The van der Waals surface area contributed by atoms with E-state index in [1.807, 2.05) is 18.9 Å². The summed E-state index contributed by atoms with van der Waals surface area (Å²) in [5.41, 5.74) is -0.734. The monoisotopic (exact) mass is 217 g/mol. The highest BCUT2D eigenvalue weighted by atomic mass is 16.6. The second-order valence-electron chi connectivity index (χ2n) is 4.40. The molecule has 88 valence electrons. The molecule has 0 saturated carbocycles. The molecule has 2 fully saturated rings. The van der Waals surface area contributed by atoms with Crippen molar-refractivity contribution >= 4 is 0 Å². The first-order valence-electron chi connectivity index (χ1n) is 5.18. The molecule has 2 aliphatic rings. The molecule has 0 radical (unpaired) electrons. The van der Waals surface area contributed by atoms with Gasteiger partial charge in [0.25, 0.3) is 0 Å². The summed E-state index contributed by atoms with van der Waals surface area (Å²) in [6, 6.07) is 0.0974. The predicted octanol–water partition coefficient (Wildman–Crippen LogP) is -0.562. The van der Waals surface area contributed by atoms with Gasteiger partial charge in [-0.25, -0.2) is 0 Å². The maximum atomic E-state index is 10.1. The highest BCUT2D eigenvalue weighted by molar-refractivity contribution is 5.15. The fourth-order valence-electron chi connectivity index (χ4n) is 3.03. The second-order valence-corrected chi connectivity index (χ2v) is 4.40. The minimum absolute atomic E-state index is 0.0542. The summed E-state index contributed by atoms with van der Waals surface area (Å²) in [7, 11) is 5.14. The molecule has 15 heavy (non-hydrogen) atoms. The number of aliphatic hydroxyl groups is 1. The molecule has 1 N–H and O–H groups in total. The molecule has 0 aromatic carbocycles. The lowest BCUT2D eigenvalue weighted by molar-refractivity contribution is -0.214. The van der Waals surface area contributed by atoms with Gasteiger partial charge >= 0.3 is 0 Å². The van der Waals surface area contributed by atoms with Gasteiger partial charge in [-0.2, -0.15) is 0 Å². The van der Waals surface area contributed by atoms with E-state index in [2.05, 4.69) is 0 Å². The zero-order valence-corrected chi connectivity index (χ0v) is 9.64. The summed E-state index contributed by atoms with van der Waals surface area (Å²) in [6.45, 7) is 2.34. The van der Waals surface area contributed by atoms with Gasteiger partial charge in [0.05, 0.1) is 18.8 Å². The van der Waals surface area contributed by atoms with Crippen LogP contribution in [0.5, 0.6) is 0 Å². The largest absolute Gasteiger partial charge is 0.381 e. The minimum Gasteiger partial charge on any atom is -0.381 e. The maximum Gasteiger partial charge on any atom is 0.159 e. The Morgan fingerprint density at radius 2 is 2.13 bits per heavy atom. The summed E-state index contributed by atoms with van der Waals surface area (Å²) in [4.78, 5) is 1.90. The quantitative estimate of drug-likeness (QED) is 0.686. The smallest absolute Gasteiger partial charge is 0.159 e. The Hall–Kier alpha value is -0.200. The zero-order chi connectivity index (χ0) is 11.2. The van der Waals surface area contributed by atoms with E-state index in [9.17, 15) is 5.11 Å². The standard InChI is InChI=1S/C10H19NO4/c1-6-7-8(14-4)10(15-6,5-13-3)9(12)11(7)2/h6-9,12H,5H2,1-4H3/t6-,7?,8?,9?,10+/m0/s1. The van der Waals surface area contributed by atoms with E-state index in [0.29, 0.717) is 6.61 Å². The number of aliphatic hydroxyl groups excluding tert-OH is 1. The molecule has 5 atom stereocenters. The van der Waals surface area contributed by atoms with Gasteiger partial charge in [-0.15, -0.1) is 0 Å². The van der Waals surface area contributed by atoms with Gasteiger partial charge in [0.2, 0.25) is 0 Å². The molecule has 2 saturated heterocycles. The van der Waals surface area contributed by atoms with Gasteiger partial charge in [-0.3, -0.25) is 4.90 Å². The number of likely N-dealkylation sites (tertiary alicyclic amines) is 1. The van der Waals surface area contributed by atoms with E-state index in [1.165, 1.54) is 0 Å². The topological polar surface area (TPSA) is 51.2 Å². The summed E-state index contributed by atoms with van der Waals surface area (Å²) in [5.74, 6) is 0. The van der Waals surface area contributed by atoms with Gasteiger partial charge in [-0.05, 0) is 14.0 Å². The molecule has 2 aliphatic heterocycles. The third-order valence-electron chi connectivity index (χ3n) is 3.60. The van der Waals surface area contributed by atoms with Crippen LogP contribution in [0.25, 0.3) is 0 Å². The van der Waals surface area contributed by atoms with Gasteiger partial charge in [0.15, 0.2) is 5.60 Å². The van der Waals surface area contributed by atoms with Crippen molar-refractivity contribution in [3.05, 3.63) is 0 Å². The molecule has 5 nitrogen and oxygen atoms in total. The molecule has 0 aliphatic carbocycles. The van der Waals surface area contributed by atoms with E-state index in [4.69, 9.17) is 14.2 Å². The minimum atomic E-state index is -0.734. The molecular weight excluding hydrogens is 198 g/mol. The molecule has 0 spiro atoms. The molecule has 2 bridgehead atoms. The number of ether oxygens (including phenoxy) is 3. The van der Waals surface area contributed by atoms with Gasteiger partial charge in [-0.1, -0.05) is 0 Å². The van der Waals surface area contributed by atoms with E-state index < -0.39 is 11.8 Å². The highest BCUT2D eigenvalue weighted by Crippen LogP contribution is 2.45. The Labute approximate surface area is 89.9 Å². The Bertz CT molecular complexity index is 250. The number of methoxy groups -OCH3 is 2. The van der Waals surface area contributed by atoms with E-state index in [1.54, 1.807) is 14.2 Å². The fraction of sp³-hybridized carbons (Fsp3) is 1.00. The number of likely N-dealkylation sites (N-methyl/N-ethyl adjacent to an activating group) is 1. The lowest BCUT2D eigenvalue weighted by atomic mass is 9.98. The SMILES string of the molecule is COC[C@@]12O[C@@H](C)C(C1OC)N(C)C2O. The fourth-order valence-corrected chi connectivity index (χ4v) is 3.03. The first kappa shape index (κ1) is 11.3. The molecule has 2 heterocycles. The van der Waals surface area contributed by atoms with Crippen molar-refractivity contribution < 1.29 is 19.3 Å². The van der Waals surface area contributed by atoms with Gasteiger partial charge < -0.3 is 19.3 Å². The van der Waals surface area contributed by atoms with Crippen LogP contribution in [0.1, 0.15) is 6.92 Å². The third kappa shape index (κ3) is 1.28. The summed E-state index contributed by atoms with van der Waals surface area (Å²) < 4.78 is 16.4. The van der Waals surface area contributed by atoms with Crippen molar-refractivity contribution in [3.8, 4) is 0 Å². The van der Waals surface area contributed by atoms with Crippen LogP contribution in [-0.4, -0.2) is 68.0 Å². The summed E-state index contributed by atoms with van der Waals surface area (Å²) in [6.07, 6.45) is -0.741. The van der Waals surface area contributed by atoms with E-state index in [-0.39, 0.29) is 18.2 Å². The molecule has 5 heteroatoms. The van der Waals surface area contributed by atoms with Crippen molar-refractivity contribution in [1.29, 1.82) is 0 Å². The van der Waals surface area contributed by atoms with Crippen molar-refractivity contribution in [3.63, 3.8) is 0 Å². The zero-order valence-electron chi connectivity index (χ0n) is 9.64. The molecule has 3 unspecified atom stereocenters. The van der Waals surface area contributed by atoms with Crippen molar-refractivity contribution in [2.75, 3.05) is 27.9 Å². The maximum absolute atomic E-state index is 10.1. The molecule has 0 aromatic rings. The molecular formula is C10H19NO4. The van der Waals surface area contributed by atoms with Gasteiger partial charge in [0.1, 0.15) is 12.3 Å². The van der Waals surface area contributed by atoms with Crippen LogP contribution in [0.2, 0.25) is 0 Å². The normalized spacial score (nSPS) is 50.2.